The molecule has 0 spiro atoms. The van der Waals surface area contributed by atoms with Crippen molar-refractivity contribution < 1.29 is 9.53 Å². The van der Waals surface area contributed by atoms with Gasteiger partial charge in [-0.15, -0.1) is 10.2 Å². The first-order valence-corrected chi connectivity index (χ1v) is 5.98. The Kier molecular flexibility index (Phi) is 2.90. The van der Waals surface area contributed by atoms with E-state index >= 15 is 0 Å². The van der Waals surface area contributed by atoms with E-state index in [-0.39, 0.29) is 6.61 Å². The number of aryl methyl sites for hydroxylation is 1. The van der Waals surface area contributed by atoms with Crippen LogP contribution in [-0.4, -0.2) is 35.6 Å². The van der Waals surface area contributed by atoms with Crippen molar-refractivity contribution in [3.8, 4) is 0 Å². The van der Waals surface area contributed by atoms with Crippen LogP contribution in [0.25, 0.3) is 5.52 Å². The summed E-state index contributed by atoms with van der Waals surface area (Å²) >= 11 is 0. The van der Waals surface area contributed by atoms with Crippen LogP contribution in [0.1, 0.15) is 22.0 Å². The van der Waals surface area contributed by atoms with Gasteiger partial charge < -0.3 is 9.30 Å². The number of aromatic nitrogens is 6. The molecule has 0 fully saturated rings. The molecule has 20 heavy (non-hydrogen) atoms. The van der Waals surface area contributed by atoms with E-state index < -0.39 is 5.97 Å². The summed E-state index contributed by atoms with van der Waals surface area (Å²) in [5.41, 5.74) is 0.976. The van der Waals surface area contributed by atoms with Gasteiger partial charge >= 0.3 is 5.97 Å². The fourth-order valence-corrected chi connectivity index (χ4v) is 1.77. The first-order valence-electron chi connectivity index (χ1n) is 5.98. The third kappa shape index (κ3) is 2.00. The van der Waals surface area contributed by atoms with E-state index in [1.807, 2.05) is 14.0 Å². The predicted octanol–water partition coefficient (Wildman–Crippen LogP) is 0.523. The number of esters is 1. The van der Waals surface area contributed by atoms with E-state index in [4.69, 9.17) is 4.74 Å². The van der Waals surface area contributed by atoms with E-state index in [1.165, 1.54) is 10.8 Å². The van der Waals surface area contributed by atoms with Crippen molar-refractivity contribution in [1.82, 2.24) is 29.6 Å². The van der Waals surface area contributed by atoms with Gasteiger partial charge in [0.15, 0.2) is 12.4 Å². The zero-order valence-corrected chi connectivity index (χ0v) is 11.0. The van der Waals surface area contributed by atoms with E-state index in [2.05, 4.69) is 20.4 Å². The largest absolute Gasteiger partial charge is 0.454 e. The molecular weight excluding hydrogens is 260 g/mol. The molecule has 0 unspecified atom stereocenters. The maximum atomic E-state index is 12.1. The Morgan fingerprint density at radius 3 is 2.95 bits per heavy atom. The Hall–Kier alpha value is -2.77. The highest BCUT2D eigenvalue weighted by molar-refractivity contribution is 5.96. The summed E-state index contributed by atoms with van der Waals surface area (Å²) in [4.78, 5) is 12.1. The zero-order chi connectivity index (χ0) is 14.1. The van der Waals surface area contributed by atoms with Gasteiger partial charge in [-0.05, 0) is 19.1 Å². The third-order valence-electron chi connectivity index (χ3n) is 3.04. The summed E-state index contributed by atoms with van der Waals surface area (Å²) in [6, 6.07) is 3.49. The molecule has 3 aromatic rings. The summed E-state index contributed by atoms with van der Waals surface area (Å²) in [6.07, 6.45) is 3.03. The van der Waals surface area contributed by atoms with Crippen LogP contribution in [0.3, 0.4) is 0 Å². The van der Waals surface area contributed by atoms with Crippen LogP contribution in [0, 0.1) is 6.92 Å². The highest BCUT2D eigenvalue weighted by atomic mass is 16.5. The monoisotopic (exact) mass is 272 g/mol. The maximum absolute atomic E-state index is 12.1. The predicted molar refractivity (Wildman–Crippen MR) is 67.8 cm³/mol. The van der Waals surface area contributed by atoms with Crippen molar-refractivity contribution in [1.29, 1.82) is 0 Å². The molecule has 0 aliphatic heterocycles. The Morgan fingerprint density at radius 1 is 1.35 bits per heavy atom. The van der Waals surface area contributed by atoms with Gasteiger partial charge in [-0.3, -0.25) is 0 Å². The molecule has 0 radical (unpaired) electrons. The number of hydrogen-bond acceptors (Lipinski definition) is 6. The molecule has 0 aliphatic rings. The quantitative estimate of drug-likeness (QED) is 0.646. The lowest BCUT2D eigenvalue weighted by molar-refractivity contribution is 0.0461. The minimum atomic E-state index is -0.464. The standard InChI is InChI=1S/C12H12N6O2/c1-8-15-16-11(17(8)2)7-20-12(19)9-6-14-18-10(9)4-3-5-13-18/h3-6H,7H2,1-2H3. The fourth-order valence-electron chi connectivity index (χ4n) is 1.77. The van der Waals surface area contributed by atoms with Crippen LogP contribution < -0.4 is 0 Å². The van der Waals surface area contributed by atoms with Crippen LogP contribution in [0.5, 0.6) is 0 Å². The second-order valence-electron chi connectivity index (χ2n) is 4.26. The number of ether oxygens (including phenoxy) is 1. The van der Waals surface area contributed by atoms with E-state index in [9.17, 15) is 4.79 Å². The van der Waals surface area contributed by atoms with Crippen LogP contribution >= 0.6 is 0 Å². The Morgan fingerprint density at radius 2 is 2.20 bits per heavy atom. The average molecular weight is 272 g/mol. The molecule has 8 heteroatoms. The minimum Gasteiger partial charge on any atom is -0.454 e. The second kappa shape index (κ2) is 4.72. The van der Waals surface area contributed by atoms with Gasteiger partial charge in [-0.25, -0.2) is 4.79 Å². The lowest BCUT2D eigenvalue weighted by atomic mass is 10.3. The molecule has 0 N–H and O–H groups in total. The van der Waals surface area contributed by atoms with Gasteiger partial charge in [0.2, 0.25) is 0 Å². The normalized spacial score (nSPS) is 10.9. The van der Waals surface area contributed by atoms with E-state index in [1.54, 1.807) is 22.9 Å². The van der Waals surface area contributed by atoms with Crippen molar-refractivity contribution in [3.63, 3.8) is 0 Å². The molecule has 0 aromatic carbocycles. The van der Waals surface area contributed by atoms with Crippen molar-refractivity contribution >= 4 is 11.5 Å². The molecular formula is C12H12N6O2. The summed E-state index contributed by atoms with van der Waals surface area (Å²) in [5.74, 6) is 0.885. The molecule has 0 amide bonds. The smallest absolute Gasteiger partial charge is 0.342 e. The van der Waals surface area contributed by atoms with Crippen molar-refractivity contribution in [2.75, 3.05) is 0 Å². The topological polar surface area (TPSA) is 87.2 Å². The lowest BCUT2D eigenvalue weighted by Crippen LogP contribution is -2.08. The molecule has 3 rings (SSSR count). The highest BCUT2D eigenvalue weighted by Crippen LogP contribution is 2.11. The first kappa shape index (κ1) is 12.3. The minimum absolute atomic E-state index is 0.0633. The summed E-state index contributed by atoms with van der Waals surface area (Å²) in [6.45, 7) is 1.89. The molecule has 0 bridgehead atoms. The number of carbonyl (C=O) groups excluding carboxylic acids is 1. The number of carbonyl (C=O) groups is 1. The SMILES string of the molecule is Cc1nnc(COC(=O)c2cnn3ncccc23)n1C. The molecule has 3 aromatic heterocycles. The Labute approximate surface area is 114 Å². The highest BCUT2D eigenvalue weighted by Gasteiger charge is 2.15. The summed E-state index contributed by atoms with van der Waals surface area (Å²) in [5, 5.41) is 15.8. The van der Waals surface area contributed by atoms with Crippen molar-refractivity contribution in [3.05, 3.63) is 41.7 Å². The van der Waals surface area contributed by atoms with E-state index in [0.717, 1.165) is 5.82 Å². The average Bonchev–Trinajstić information content (AvgIpc) is 3.02. The van der Waals surface area contributed by atoms with Crippen LogP contribution in [0.15, 0.2) is 24.5 Å². The van der Waals surface area contributed by atoms with Gasteiger partial charge in [0.05, 0.1) is 6.20 Å². The molecule has 0 saturated heterocycles. The number of rotatable bonds is 3. The van der Waals surface area contributed by atoms with Gasteiger partial charge in [-0.1, -0.05) is 0 Å². The number of fused-ring (bicyclic) bond motifs is 1. The molecule has 0 aliphatic carbocycles. The Bertz CT molecular complexity index is 775. The van der Waals surface area contributed by atoms with E-state index in [0.29, 0.717) is 16.9 Å². The van der Waals surface area contributed by atoms with Gasteiger partial charge in [0.1, 0.15) is 16.9 Å². The van der Waals surface area contributed by atoms with Gasteiger partial charge in [-0.2, -0.15) is 14.8 Å². The summed E-state index contributed by atoms with van der Waals surface area (Å²) < 4.78 is 8.38. The number of nitrogens with zero attached hydrogens (tertiary/aromatic N) is 6. The number of hydrogen-bond donors (Lipinski definition) is 0. The van der Waals surface area contributed by atoms with Gasteiger partial charge in [0.25, 0.3) is 0 Å². The van der Waals surface area contributed by atoms with Gasteiger partial charge in [0, 0.05) is 13.2 Å². The molecule has 3 heterocycles. The lowest BCUT2D eigenvalue weighted by Gasteiger charge is -2.03. The molecule has 102 valence electrons. The summed E-state index contributed by atoms with van der Waals surface area (Å²) in [7, 11) is 1.82. The molecule has 0 atom stereocenters. The first-order chi connectivity index (χ1) is 9.66. The second-order valence-corrected chi connectivity index (χ2v) is 4.26. The van der Waals surface area contributed by atoms with Crippen LogP contribution in [0.2, 0.25) is 0 Å². The maximum Gasteiger partial charge on any atom is 0.342 e. The molecule has 8 nitrogen and oxygen atoms in total. The zero-order valence-electron chi connectivity index (χ0n) is 11.0. The van der Waals surface area contributed by atoms with Crippen LogP contribution in [-0.2, 0) is 18.4 Å². The van der Waals surface area contributed by atoms with Crippen molar-refractivity contribution in [2.45, 2.75) is 13.5 Å². The molecule has 0 saturated carbocycles. The third-order valence-corrected chi connectivity index (χ3v) is 3.04. The van der Waals surface area contributed by atoms with Crippen molar-refractivity contribution in [2.24, 2.45) is 7.05 Å². The fraction of sp³-hybridized carbons (Fsp3) is 0.250. The Balaban J connectivity index is 1.78. The van der Waals surface area contributed by atoms with Crippen LogP contribution in [0.4, 0.5) is 0 Å².